The monoisotopic (exact) mass is 1090 g/mol. The van der Waals surface area contributed by atoms with Crippen molar-refractivity contribution in [3.63, 3.8) is 0 Å². The number of benzene rings is 9. The van der Waals surface area contributed by atoms with E-state index in [9.17, 15) is 0 Å². The Morgan fingerprint density at radius 3 is 1.45 bits per heavy atom. The lowest BCUT2D eigenvalue weighted by Crippen LogP contribution is -2.73. The molecule has 0 spiro atoms. The fraction of sp³-hybridized carbons (Fsp3) is 0.135. The fourth-order valence-electron chi connectivity index (χ4n) is 12.3. The maximum atomic E-state index is 16.6. The van der Waals surface area contributed by atoms with E-state index in [4.69, 9.17) is 14.4 Å². The van der Waals surface area contributed by atoms with Gasteiger partial charge >= 0.3 is 0 Å². The second kappa shape index (κ2) is 20.1. The number of fused-ring (bicyclic) bond motifs is 7. The van der Waals surface area contributed by atoms with E-state index in [0.29, 0.717) is 11.2 Å². The first-order chi connectivity index (χ1) is 39.6. The van der Waals surface area contributed by atoms with Gasteiger partial charge in [0.2, 0.25) is 0 Å². The molecular formula is C74H62F2N4OSi. The van der Waals surface area contributed by atoms with Crippen molar-refractivity contribution in [3.8, 4) is 33.4 Å². The van der Waals surface area contributed by atoms with Crippen molar-refractivity contribution in [2.75, 3.05) is 9.80 Å². The lowest BCUT2D eigenvalue weighted by molar-refractivity contribution is 0.590. The van der Waals surface area contributed by atoms with Crippen LogP contribution in [0.25, 0.3) is 55.3 Å². The zero-order chi connectivity index (χ0) is 56.7. The number of rotatable bonds is 10. The summed E-state index contributed by atoms with van der Waals surface area (Å²) in [5, 5.41) is 5.23. The van der Waals surface area contributed by atoms with Gasteiger partial charge in [-0.1, -0.05) is 175 Å². The minimum atomic E-state index is -3.89. The summed E-state index contributed by atoms with van der Waals surface area (Å²) < 4.78 is 40.6. The Labute approximate surface area is 479 Å². The van der Waals surface area contributed by atoms with Crippen molar-refractivity contribution in [3.05, 3.63) is 265 Å². The Hall–Kier alpha value is -9.24. The van der Waals surface area contributed by atoms with Crippen LogP contribution in [0.2, 0.25) is 0 Å². The van der Waals surface area contributed by atoms with Crippen LogP contribution in [0.5, 0.6) is 0 Å². The van der Waals surface area contributed by atoms with Crippen molar-refractivity contribution in [1.29, 1.82) is 0 Å². The molecule has 12 aromatic rings. The molecule has 0 N–H and O–H groups in total. The third-order valence-electron chi connectivity index (χ3n) is 16.3. The quantitative estimate of drug-likeness (QED) is 0.128. The van der Waals surface area contributed by atoms with Crippen LogP contribution >= 0.6 is 0 Å². The van der Waals surface area contributed by atoms with E-state index in [2.05, 4.69) is 211 Å². The van der Waals surface area contributed by atoms with Gasteiger partial charge < -0.3 is 4.42 Å². The summed E-state index contributed by atoms with van der Waals surface area (Å²) in [7, 11) is -3.89. The van der Waals surface area contributed by atoms with Gasteiger partial charge in [-0.2, -0.15) is 0 Å². The van der Waals surface area contributed by atoms with Crippen molar-refractivity contribution < 1.29 is 13.2 Å². The Bertz CT molecular complexity index is 4360. The molecule has 3 aromatic heterocycles. The van der Waals surface area contributed by atoms with Gasteiger partial charge in [0.1, 0.15) is 34.4 Å². The predicted molar refractivity (Wildman–Crippen MR) is 339 cm³/mol. The smallest absolute Gasteiger partial charge is 0.181 e. The van der Waals surface area contributed by atoms with Crippen LogP contribution < -0.4 is 30.5 Å². The van der Waals surface area contributed by atoms with E-state index in [1.807, 2.05) is 48.8 Å². The van der Waals surface area contributed by atoms with Gasteiger partial charge in [0.25, 0.3) is 0 Å². The van der Waals surface area contributed by atoms with E-state index in [1.165, 1.54) is 23.3 Å². The summed E-state index contributed by atoms with van der Waals surface area (Å²) in [6.45, 7) is 17.5. The Kier molecular flexibility index (Phi) is 12.8. The molecule has 13 rings (SSSR count). The van der Waals surface area contributed by atoms with Crippen molar-refractivity contribution in [2.24, 2.45) is 0 Å². The highest BCUT2D eigenvalue weighted by atomic mass is 28.3. The van der Waals surface area contributed by atoms with Gasteiger partial charge in [-0.3, -0.25) is 9.80 Å². The second-order valence-electron chi connectivity index (χ2n) is 23.9. The normalized spacial score (nSPS) is 12.9. The van der Waals surface area contributed by atoms with Crippen LogP contribution in [0, 0.1) is 25.5 Å². The molecule has 0 bridgehead atoms. The number of aryl methyl sites for hydroxylation is 2. The van der Waals surface area contributed by atoms with Crippen LogP contribution in [-0.2, 0) is 10.8 Å². The SMILES string of the molecule is Cc1cnc(N(c2ccc(C(C)(C)C)cc2)c2ccc3c(c2)[Si](c2cccc(F)c2)(c2cccc(F)c2)c2cc(N(c4ccc(C(C)(C)C)cc4)c4ncc(C)cc4-c4ccccc4)c4c(oc5ccccc54)c2-3)c(-c2ccccc2)c1. The number of aromatic nitrogens is 2. The average molecular weight is 1090 g/mol. The molecule has 0 atom stereocenters. The number of hydrogen-bond donors (Lipinski definition) is 0. The molecule has 0 fully saturated rings. The maximum Gasteiger partial charge on any atom is 0.181 e. The first kappa shape index (κ1) is 52.1. The summed E-state index contributed by atoms with van der Waals surface area (Å²) in [5.74, 6) is 0.701. The highest BCUT2D eigenvalue weighted by Crippen LogP contribution is 2.50. The molecule has 4 heterocycles. The van der Waals surface area contributed by atoms with Gasteiger partial charge in [-0.15, -0.1) is 0 Å². The van der Waals surface area contributed by atoms with E-state index >= 15 is 8.78 Å². The second-order valence-corrected chi connectivity index (χ2v) is 27.6. The molecule has 5 nitrogen and oxygen atoms in total. The first-order valence-corrected chi connectivity index (χ1v) is 30.1. The summed E-state index contributed by atoms with van der Waals surface area (Å²) in [5.41, 5.74) is 14.9. The van der Waals surface area contributed by atoms with Crippen LogP contribution in [-0.4, -0.2) is 18.0 Å². The molecule has 9 aromatic carbocycles. The lowest BCUT2D eigenvalue weighted by atomic mass is 9.87. The van der Waals surface area contributed by atoms with Crippen LogP contribution in [0.1, 0.15) is 63.8 Å². The molecule has 0 radical (unpaired) electrons. The van der Waals surface area contributed by atoms with Gasteiger partial charge in [0.05, 0.1) is 11.1 Å². The largest absolute Gasteiger partial charge is 0.455 e. The minimum Gasteiger partial charge on any atom is -0.455 e. The molecular weight excluding hydrogens is 1030 g/mol. The highest BCUT2D eigenvalue weighted by Gasteiger charge is 2.51. The molecule has 1 aliphatic rings. The van der Waals surface area contributed by atoms with E-state index in [0.717, 1.165) is 110 Å². The number of hydrogen-bond acceptors (Lipinski definition) is 5. The standard InChI is InChI=1S/C74H62F2N4OSi/c1-47-39-62(49-19-11-9-12-20-49)71(77-45-47)79(55-33-29-51(30-34-55)73(3,4)5)57-37-38-61-66(43-57)82(58-25-17-23-53(75)41-58,59-26-18-24-54(76)42-59)67-44-64(68-60-27-15-16-28-65(60)81-70(68)69(61)67)80(56-35-31-52(32-36-56)74(6,7)8)72-63(40-48(2)46-78-72)50-21-13-10-14-22-50/h9-46H,1-8H3. The Balaban J connectivity index is 1.18. The van der Waals surface area contributed by atoms with Crippen molar-refractivity contribution in [2.45, 2.75) is 66.2 Å². The Morgan fingerprint density at radius 1 is 0.439 bits per heavy atom. The number of halogens is 2. The lowest BCUT2D eigenvalue weighted by Gasteiger charge is -2.34. The zero-order valence-electron chi connectivity index (χ0n) is 47.4. The van der Waals surface area contributed by atoms with Gasteiger partial charge in [-0.25, -0.2) is 18.7 Å². The van der Waals surface area contributed by atoms with E-state index in [-0.39, 0.29) is 22.5 Å². The van der Waals surface area contributed by atoms with Crippen molar-refractivity contribution >= 4 is 85.1 Å². The first-order valence-electron chi connectivity index (χ1n) is 28.1. The third-order valence-corrected chi connectivity index (χ3v) is 21.1. The van der Waals surface area contributed by atoms with E-state index in [1.54, 1.807) is 24.3 Å². The average Bonchev–Trinajstić information content (AvgIpc) is 2.09. The van der Waals surface area contributed by atoms with E-state index < -0.39 is 8.07 Å². The zero-order valence-corrected chi connectivity index (χ0v) is 48.4. The highest BCUT2D eigenvalue weighted by molar-refractivity contribution is 7.22. The molecule has 0 aliphatic carbocycles. The molecule has 8 heteroatoms. The van der Waals surface area contributed by atoms with Crippen LogP contribution in [0.15, 0.2) is 235 Å². The topological polar surface area (TPSA) is 45.4 Å². The number of nitrogens with zero attached hydrogens (tertiary/aromatic N) is 4. The van der Waals surface area contributed by atoms with Crippen molar-refractivity contribution in [1.82, 2.24) is 9.97 Å². The molecule has 82 heavy (non-hydrogen) atoms. The summed E-state index contributed by atoms with van der Waals surface area (Å²) in [4.78, 5) is 15.2. The number of pyridine rings is 2. The van der Waals surface area contributed by atoms with Gasteiger partial charge in [0.15, 0.2) is 8.07 Å². The number of para-hydroxylation sites is 1. The van der Waals surface area contributed by atoms with Gasteiger partial charge in [0, 0.05) is 51.5 Å². The van der Waals surface area contributed by atoms with Crippen LogP contribution in [0.3, 0.4) is 0 Å². The summed E-state index contributed by atoms with van der Waals surface area (Å²) in [6, 6.07) is 73.9. The molecule has 0 unspecified atom stereocenters. The third kappa shape index (κ3) is 8.89. The number of furan rings is 1. The fourth-order valence-corrected chi connectivity index (χ4v) is 17.5. The number of anilines is 6. The molecule has 0 saturated carbocycles. The summed E-state index contributed by atoms with van der Waals surface area (Å²) >= 11 is 0. The maximum absolute atomic E-state index is 16.6. The Morgan fingerprint density at radius 2 is 0.927 bits per heavy atom. The molecule has 1 aliphatic heterocycles. The van der Waals surface area contributed by atoms with Gasteiger partial charge in [-0.05, 0) is 169 Å². The van der Waals surface area contributed by atoms with Crippen LogP contribution in [0.4, 0.5) is 43.2 Å². The summed E-state index contributed by atoms with van der Waals surface area (Å²) in [6.07, 6.45) is 3.86. The molecule has 0 amide bonds. The molecule has 0 saturated heterocycles. The predicted octanol–water partition coefficient (Wildman–Crippen LogP) is 17.5. The minimum absolute atomic E-state index is 0.0912. The molecule has 402 valence electrons.